The fourth-order valence-corrected chi connectivity index (χ4v) is 2.82. The molecular formula is C16H33NO. The SMILES string of the molecule is CC(C)C(C)(O)CN1CCCC(C(C)(C)C)CC1. The van der Waals surface area contributed by atoms with E-state index < -0.39 is 5.60 Å². The predicted molar refractivity (Wildman–Crippen MR) is 78.7 cm³/mol. The van der Waals surface area contributed by atoms with Crippen LogP contribution in [0.15, 0.2) is 0 Å². The van der Waals surface area contributed by atoms with Gasteiger partial charge in [-0.15, -0.1) is 0 Å². The second-order valence-electron chi connectivity index (χ2n) is 7.78. The molecule has 1 saturated heterocycles. The Bertz CT molecular complexity index is 252. The third-order valence-corrected chi connectivity index (χ3v) is 4.83. The lowest BCUT2D eigenvalue weighted by atomic mass is 9.77. The van der Waals surface area contributed by atoms with Gasteiger partial charge < -0.3 is 10.0 Å². The number of likely N-dealkylation sites (tertiary alicyclic amines) is 1. The molecule has 0 amide bonds. The van der Waals surface area contributed by atoms with E-state index in [0.29, 0.717) is 11.3 Å². The Labute approximate surface area is 114 Å². The van der Waals surface area contributed by atoms with Gasteiger partial charge in [0.15, 0.2) is 0 Å². The van der Waals surface area contributed by atoms with Gasteiger partial charge in [0.1, 0.15) is 0 Å². The molecule has 0 saturated carbocycles. The summed E-state index contributed by atoms with van der Waals surface area (Å²) >= 11 is 0. The highest BCUT2D eigenvalue weighted by Crippen LogP contribution is 2.34. The average molecular weight is 255 g/mol. The maximum Gasteiger partial charge on any atom is 0.0768 e. The molecule has 1 N–H and O–H groups in total. The number of hydrogen-bond acceptors (Lipinski definition) is 2. The fraction of sp³-hybridized carbons (Fsp3) is 1.00. The minimum Gasteiger partial charge on any atom is -0.389 e. The van der Waals surface area contributed by atoms with Crippen molar-refractivity contribution in [3.63, 3.8) is 0 Å². The quantitative estimate of drug-likeness (QED) is 0.834. The molecule has 2 atom stereocenters. The number of rotatable bonds is 3. The van der Waals surface area contributed by atoms with Crippen LogP contribution in [0.3, 0.4) is 0 Å². The predicted octanol–water partition coefficient (Wildman–Crippen LogP) is 3.54. The highest BCUT2D eigenvalue weighted by Gasteiger charge is 2.31. The highest BCUT2D eigenvalue weighted by atomic mass is 16.3. The van der Waals surface area contributed by atoms with Gasteiger partial charge in [-0.05, 0) is 56.5 Å². The maximum atomic E-state index is 10.4. The highest BCUT2D eigenvalue weighted by molar-refractivity contribution is 4.84. The first-order chi connectivity index (χ1) is 8.13. The van der Waals surface area contributed by atoms with Crippen LogP contribution in [0.4, 0.5) is 0 Å². The molecule has 1 heterocycles. The van der Waals surface area contributed by atoms with Gasteiger partial charge in [0.2, 0.25) is 0 Å². The number of nitrogens with zero attached hydrogens (tertiary/aromatic N) is 1. The molecule has 0 radical (unpaired) electrons. The van der Waals surface area contributed by atoms with Gasteiger partial charge in [-0.2, -0.15) is 0 Å². The van der Waals surface area contributed by atoms with Crippen molar-refractivity contribution in [3.05, 3.63) is 0 Å². The zero-order chi connectivity index (χ0) is 14.0. The largest absolute Gasteiger partial charge is 0.389 e. The molecule has 1 aliphatic rings. The van der Waals surface area contributed by atoms with Crippen LogP contribution in [-0.4, -0.2) is 35.2 Å². The Morgan fingerprint density at radius 3 is 2.22 bits per heavy atom. The summed E-state index contributed by atoms with van der Waals surface area (Å²) in [6, 6.07) is 0. The van der Waals surface area contributed by atoms with Crippen LogP contribution in [0, 0.1) is 17.3 Å². The van der Waals surface area contributed by atoms with Gasteiger partial charge >= 0.3 is 0 Å². The van der Waals surface area contributed by atoms with Crippen molar-refractivity contribution >= 4 is 0 Å². The van der Waals surface area contributed by atoms with E-state index in [1.807, 2.05) is 6.92 Å². The zero-order valence-electron chi connectivity index (χ0n) is 13.3. The summed E-state index contributed by atoms with van der Waals surface area (Å²) in [5.41, 5.74) is -0.127. The first-order valence-corrected chi connectivity index (χ1v) is 7.57. The molecule has 1 fully saturated rings. The summed E-state index contributed by atoms with van der Waals surface area (Å²) < 4.78 is 0. The topological polar surface area (TPSA) is 23.5 Å². The summed E-state index contributed by atoms with van der Waals surface area (Å²) in [5, 5.41) is 10.4. The van der Waals surface area contributed by atoms with Crippen LogP contribution in [0.25, 0.3) is 0 Å². The van der Waals surface area contributed by atoms with Crippen molar-refractivity contribution in [2.24, 2.45) is 17.3 Å². The van der Waals surface area contributed by atoms with Crippen molar-refractivity contribution < 1.29 is 5.11 Å². The van der Waals surface area contributed by atoms with E-state index in [9.17, 15) is 5.11 Å². The van der Waals surface area contributed by atoms with Crippen molar-refractivity contribution in [1.29, 1.82) is 0 Å². The molecule has 0 bridgehead atoms. The molecule has 1 rings (SSSR count). The molecule has 108 valence electrons. The monoisotopic (exact) mass is 255 g/mol. The van der Waals surface area contributed by atoms with E-state index in [0.717, 1.165) is 25.6 Å². The third kappa shape index (κ3) is 4.55. The Morgan fingerprint density at radius 2 is 1.72 bits per heavy atom. The van der Waals surface area contributed by atoms with Crippen molar-refractivity contribution in [3.8, 4) is 0 Å². The Hall–Kier alpha value is -0.0800. The Kier molecular flexibility index (Phi) is 5.25. The third-order valence-electron chi connectivity index (χ3n) is 4.83. The van der Waals surface area contributed by atoms with E-state index in [1.165, 1.54) is 19.3 Å². The van der Waals surface area contributed by atoms with Crippen LogP contribution in [0.2, 0.25) is 0 Å². The van der Waals surface area contributed by atoms with Crippen LogP contribution < -0.4 is 0 Å². The normalized spacial score (nSPS) is 27.0. The smallest absolute Gasteiger partial charge is 0.0768 e. The van der Waals surface area contributed by atoms with Crippen LogP contribution >= 0.6 is 0 Å². The van der Waals surface area contributed by atoms with Gasteiger partial charge in [0, 0.05) is 6.54 Å². The van der Waals surface area contributed by atoms with E-state index >= 15 is 0 Å². The molecule has 0 spiro atoms. The Balaban J connectivity index is 2.53. The molecule has 1 aliphatic heterocycles. The molecule has 2 unspecified atom stereocenters. The van der Waals surface area contributed by atoms with Gasteiger partial charge in [-0.25, -0.2) is 0 Å². The molecule has 0 aromatic carbocycles. The fourth-order valence-electron chi connectivity index (χ4n) is 2.82. The summed E-state index contributed by atoms with van der Waals surface area (Å²) in [6.45, 7) is 16.4. The van der Waals surface area contributed by atoms with E-state index in [1.54, 1.807) is 0 Å². The second kappa shape index (κ2) is 5.92. The molecule has 0 aromatic rings. The van der Waals surface area contributed by atoms with E-state index in [2.05, 4.69) is 39.5 Å². The average Bonchev–Trinajstić information content (AvgIpc) is 2.41. The summed E-state index contributed by atoms with van der Waals surface area (Å²) in [6.07, 6.45) is 3.89. The Morgan fingerprint density at radius 1 is 1.11 bits per heavy atom. The van der Waals surface area contributed by atoms with Gasteiger partial charge in [-0.3, -0.25) is 0 Å². The first kappa shape index (κ1) is 16.0. The number of aliphatic hydroxyl groups is 1. The van der Waals surface area contributed by atoms with Crippen LogP contribution in [0.5, 0.6) is 0 Å². The lowest BCUT2D eigenvalue weighted by molar-refractivity contribution is -0.0185. The minimum atomic E-state index is -0.554. The molecule has 0 aromatic heterocycles. The summed E-state index contributed by atoms with van der Waals surface area (Å²) in [7, 11) is 0. The lowest BCUT2D eigenvalue weighted by Crippen LogP contribution is -2.45. The van der Waals surface area contributed by atoms with Gasteiger partial charge in [0.05, 0.1) is 5.60 Å². The van der Waals surface area contributed by atoms with Gasteiger partial charge in [-0.1, -0.05) is 34.6 Å². The number of β-amino-alcohol motifs (C(OH)–C–C–N with tert-alkyl or cyclic N) is 1. The lowest BCUT2D eigenvalue weighted by Gasteiger charge is -2.34. The molecule has 2 nitrogen and oxygen atoms in total. The van der Waals surface area contributed by atoms with Crippen LogP contribution in [-0.2, 0) is 0 Å². The molecule has 2 heteroatoms. The van der Waals surface area contributed by atoms with Crippen LogP contribution in [0.1, 0.15) is 60.8 Å². The van der Waals surface area contributed by atoms with Crippen molar-refractivity contribution in [1.82, 2.24) is 4.90 Å². The second-order valence-corrected chi connectivity index (χ2v) is 7.78. The summed E-state index contributed by atoms with van der Waals surface area (Å²) in [4.78, 5) is 2.46. The standard InChI is InChI=1S/C16H33NO/c1-13(2)16(6,18)12-17-10-7-8-14(9-11-17)15(3,4)5/h13-14,18H,7-12H2,1-6H3. The van der Waals surface area contributed by atoms with Gasteiger partial charge in [0.25, 0.3) is 0 Å². The molecule has 18 heavy (non-hydrogen) atoms. The van der Waals surface area contributed by atoms with Crippen molar-refractivity contribution in [2.75, 3.05) is 19.6 Å². The number of hydrogen-bond donors (Lipinski definition) is 1. The maximum absolute atomic E-state index is 10.4. The minimum absolute atomic E-state index is 0.319. The molecule has 0 aliphatic carbocycles. The van der Waals surface area contributed by atoms with E-state index in [-0.39, 0.29) is 0 Å². The first-order valence-electron chi connectivity index (χ1n) is 7.57. The zero-order valence-corrected chi connectivity index (χ0v) is 13.3. The van der Waals surface area contributed by atoms with Crippen molar-refractivity contribution in [2.45, 2.75) is 66.4 Å². The van der Waals surface area contributed by atoms with E-state index in [4.69, 9.17) is 0 Å². The summed E-state index contributed by atoms with van der Waals surface area (Å²) in [5.74, 6) is 1.14. The molecular weight excluding hydrogens is 222 g/mol.